The highest BCUT2D eigenvalue weighted by molar-refractivity contribution is 7.16. The summed E-state index contributed by atoms with van der Waals surface area (Å²) in [6.45, 7) is 6.58. The van der Waals surface area contributed by atoms with Crippen LogP contribution in [-0.4, -0.2) is 17.6 Å². The molecule has 4 rings (SSSR count). The fourth-order valence-electron chi connectivity index (χ4n) is 4.18. The molecule has 34 heavy (non-hydrogen) atoms. The van der Waals surface area contributed by atoms with Gasteiger partial charge in [0.2, 0.25) is 0 Å². The molecule has 176 valence electrons. The Morgan fingerprint density at radius 1 is 1.26 bits per heavy atom. The number of nitriles is 1. The van der Waals surface area contributed by atoms with Gasteiger partial charge in [-0.3, -0.25) is 0 Å². The average molecular weight is 492 g/mol. The zero-order chi connectivity index (χ0) is 24.1. The van der Waals surface area contributed by atoms with Gasteiger partial charge in [-0.2, -0.15) is 5.26 Å². The van der Waals surface area contributed by atoms with Crippen LogP contribution >= 0.6 is 22.7 Å². The minimum Gasteiger partial charge on any atom is -0.462 e. The van der Waals surface area contributed by atoms with Crippen molar-refractivity contribution in [2.45, 2.75) is 52.9 Å². The number of allylic oxidation sites excluding steroid dienone is 1. The summed E-state index contributed by atoms with van der Waals surface area (Å²) in [5, 5.41) is 16.4. The van der Waals surface area contributed by atoms with Crippen molar-refractivity contribution >= 4 is 39.2 Å². The van der Waals surface area contributed by atoms with E-state index in [0.717, 1.165) is 53.9 Å². The zero-order valence-corrected chi connectivity index (χ0v) is 21.4. The number of carbonyl (C=O) groups is 1. The molecule has 0 bridgehead atoms. The summed E-state index contributed by atoms with van der Waals surface area (Å²) in [5.74, 6) is 0.319. The first-order valence-corrected chi connectivity index (χ1v) is 13.4. The molecule has 1 aliphatic rings. The van der Waals surface area contributed by atoms with Crippen LogP contribution in [-0.2, 0) is 24.0 Å². The van der Waals surface area contributed by atoms with Crippen molar-refractivity contribution in [3.8, 4) is 17.3 Å². The van der Waals surface area contributed by atoms with E-state index in [1.54, 1.807) is 17.5 Å². The van der Waals surface area contributed by atoms with Crippen molar-refractivity contribution in [3.05, 3.63) is 62.4 Å². The van der Waals surface area contributed by atoms with E-state index in [4.69, 9.17) is 9.72 Å². The number of anilines is 1. The number of fused-ring (bicyclic) bond motifs is 1. The van der Waals surface area contributed by atoms with Gasteiger partial charge in [-0.25, -0.2) is 9.78 Å². The molecule has 0 aliphatic heterocycles. The summed E-state index contributed by atoms with van der Waals surface area (Å²) < 4.78 is 5.32. The molecule has 0 fully saturated rings. The highest BCUT2D eigenvalue weighted by Crippen LogP contribution is 2.39. The Morgan fingerprint density at radius 3 is 2.74 bits per heavy atom. The number of benzene rings is 1. The third-order valence-electron chi connectivity index (χ3n) is 5.75. The molecule has 5 nitrogen and oxygen atoms in total. The molecule has 2 heterocycles. The third-order valence-corrected chi connectivity index (χ3v) is 7.85. The highest BCUT2D eigenvalue weighted by atomic mass is 32.1. The van der Waals surface area contributed by atoms with Crippen LogP contribution < -0.4 is 5.32 Å². The van der Waals surface area contributed by atoms with E-state index < -0.39 is 0 Å². The minimum absolute atomic E-state index is 0.297. The van der Waals surface area contributed by atoms with Gasteiger partial charge in [-0.1, -0.05) is 38.1 Å². The molecule has 0 radical (unpaired) electrons. The van der Waals surface area contributed by atoms with Crippen molar-refractivity contribution in [1.29, 1.82) is 5.26 Å². The smallest absolute Gasteiger partial charge is 0.341 e. The van der Waals surface area contributed by atoms with Crippen LogP contribution in [0.4, 0.5) is 5.00 Å². The van der Waals surface area contributed by atoms with Crippen LogP contribution in [0.1, 0.15) is 65.0 Å². The first kappa shape index (κ1) is 24.2. The van der Waals surface area contributed by atoms with Crippen molar-refractivity contribution in [1.82, 2.24) is 4.98 Å². The molecule has 0 unspecified atom stereocenters. The van der Waals surface area contributed by atoms with Crippen molar-refractivity contribution in [2.75, 3.05) is 11.9 Å². The summed E-state index contributed by atoms with van der Waals surface area (Å²) in [4.78, 5) is 18.6. The third kappa shape index (κ3) is 5.40. The maximum Gasteiger partial charge on any atom is 0.341 e. The second kappa shape index (κ2) is 11.0. The number of carbonyl (C=O) groups excluding carboxylic acids is 1. The van der Waals surface area contributed by atoms with Crippen LogP contribution in [0.25, 0.3) is 16.8 Å². The van der Waals surface area contributed by atoms with Gasteiger partial charge >= 0.3 is 5.97 Å². The second-order valence-corrected chi connectivity index (χ2v) is 10.7. The Bertz CT molecular complexity index is 1230. The Balaban J connectivity index is 1.56. The summed E-state index contributed by atoms with van der Waals surface area (Å²) in [6.07, 6.45) is 6.80. The number of hydrogen-bond acceptors (Lipinski definition) is 7. The molecular formula is C27H29N3O2S2. The number of hydrogen-bond donors (Lipinski definition) is 1. The van der Waals surface area contributed by atoms with Crippen LogP contribution in [0.3, 0.4) is 0 Å². The van der Waals surface area contributed by atoms with E-state index in [0.29, 0.717) is 28.7 Å². The van der Waals surface area contributed by atoms with Gasteiger partial charge in [0, 0.05) is 22.0 Å². The lowest BCUT2D eigenvalue weighted by Crippen LogP contribution is -2.10. The maximum atomic E-state index is 12.7. The van der Waals surface area contributed by atoms with Crippen LogP contribution in [0, 0.1) is 17.2 Å². The van der Waals surface area contributed by atoms with Gasteiger partial charge in [-0.05, 0) is 56.1 Å². The summed E-state index contributed by atoms with van der Waals surface area (Å²) in [7, 11) is 0. The van der Waals surface area contributed by atoms with Gasteiger partial charge in [0.1, 0.15) is 21.7 Å². The van der Waals surface area contributed by atoms with Crippen molar-refractivity contribution in [3.63, 3.8) is 0 Å². The molecule has 3 aromatic rings. The standard InChI is InChI=1S/C27H29N3O2S2/c1-4-32-27(31)24-21-7-5-6-8-23(21)34-26(24)29-15-20(14-28)25-30-22(16-33-25)19-11-9-18(10-12-19)13-17(2)3/h9-12,15-17,29H,4-8,13H2,1-3H3. The van der Waals surface area contributed by atoms with Crippen LogP contribution in [0.5, 0.6) is 0 Å². The fourth-order valence-corrected chi connectivity index (χ4v) is 6.22. The maximum absolute atomic E-state index is 12.7. The lowest BCUT2D eigenvalue weighted by Gasteiger charge is -2.12. The highest BCUT2D eigenvalue weighted by Gasteiger charge is 2.26. The Morgan fingerprint density at radius 2 is 2.03 bits per heavy atom. The molecular weight excluding hydrogens is 462 g/mol. The number of aryl methyl sites for hydroxylation is 1. The quantitative estimate of drug-likeness (QED) is 0.269. The Labute approximate surface area is 209 Å². The van der Waals surface area contributed by atoms with Crippen LogP contribution in [0.2, 0.25) is 0 Å². The predicted octanol–water partition coefficient (Wildman–Crippen LogP) is 7.10. The Hall–Kier alpha value is -2.95. The van der Waals surface area contributed by atoms with Crippen molar-refractivity contribution in [2.24, 2.45) is 5.92 Å². The topological polar surface area (TPSA) is 75.0 Å². The molecule has 7 heteroatoms. The normalized spacial score (nSPS) is 13.4. The largest absolute Gasteiger partial charge is 0.462 e. The summed E-state index contributed by atoms with van der Waals surface area (Å²) >= 11 is 3.03. The number of esters is 1. The average Bonchev–Trinajstić information content (AvgIpc) is 3.45. The van der Waals surface area contributed by atoms with E-state index in [-0.39, 0.29) is 5.97 Å². The van der Waals surface area contributed by atoms with E-state index in [1.807, 2.05) is 12.3 Å². The van der Waals surface area contributed by atoms with Gasteiger partial charge < -0.3 is 10.1 Å². The molecule has 2 aromatic heterocycles. The molecule has 0 amide bonds. The second-order valence-electron chi connectivity index (χ2n) is 8.78. The van der Waals surface area contributed by atoms with Gasteiger partial charge in [0.05, 0.1) is 17.9 Å². The molecule has 0 saturated carbocycles. The monoisotopic (exact) mass is 491 g/mol. The van der Waals surface area contributed by atoms with E-state index >= 15 is 0 Å². The number of nitrogens with one attached hydrogen (secondary N) is 1. The summed E-state index contributed by atoms with van der Waals surface area (Å²) in [6, 6.07) is 10.7. The number of thiazole rings is 1. The van der Waals surface area contributed by atoms with Crippen molar-refractivity contribution < 1.29 is 9.53 Å². The molecule has 1 N–H and O–H groups in total. The van der Waals surface area contributed by atoms with Gasteiger partial charge in [0.25, 0.3) is 0 Å². The van der Waals surface area contributed by atoms with Gasteiger partial charge in [0.15, 0.2) is 0 Å². The molecule has 0 atom stereocenters. The lowest BCUT2D eigenvalue weighted by molar-refractivity contribution is 0.0526. The van der Waals surface area contributed by atoms with Gasteiger partial charge in [-0.15, -0.1) is 22.7 Å². The van der Waals surface area contributed by atoms with E-state index in [2.05, 4.69) is 49.5 Å². The zero-order valence-electron chi connectivity index (χ0n) is 19.8. The number of rotatable bonds is 8. The number of nitrogens with zero attached hydrogens (tertiary/aromatic N) is 2. The summed E-state index contributed by atoms with van der Waals surface area (Å²) in [5.41, 5.74) is 5.37. The SMILES string of the molecule is CCOC(=O)c1c(NC=C(C#N)c2nc(-c3ccc(CC(C)C)cc3)cs2)sc2c1CCCC2. The Kier molecular flexibility index (Phi) is 7.81. The first-order chi connectivity index (χ1) is 16.5. The number of thiophene rings is 1. The number of ether oxygens (including phenoxy) is 1. The molecule has 0 spiro atoms. The molecule has 0 saturated heterocycles. The molecule has 1 aromatic carbocycles. The van der Waals surface area contributed by atoms with Crippen LogP contribution in [0.15, 0.2) is 35.8 Å². The fraction of sp³-hybridized carbons (Fsp3) is 0.370. The minimum atomic E-state index is -0.297. The number of aromatic nitrogens is 1. The first-order valence-electron chi connectivity index (χ1n) is 11.7. The van der Waals surface area contributed by atoms with E-state index in [9.17, 15) is 10.1 Å². The molecule has 1 aliphatic carbocycles. The lowest BCUT2D eigenvalue weighted by atomic mass is 9.95. The predicted molar refractivity (Wildman–Crippen MR) is 140 cm³/mol. The van der Waals surface area contributed by atoms with E-state index in [1.165, 1.54) is 21.8 Å².